The van der Waals surface area contributed by atoms with E-state index in [4.69, 9.17) is 0 Å². The number of aliphatic hydroxyl groups is 1. The molecular formula is C45H44N2O4. The van der Waals surface area contributed by atoms with E-state index < -0.39 is 0 Å². The molecule has 6 nitrogen and oxygen atoms in total. The summed E-state index contributed by atoms with van der Waals surface area (Å²) >= 11 is 0. The summed E-state index contributed by atoms with van der Waals surface area (Å²) in [5.41, 5.74) is 2.40. The van der Waals surface area contributed by atoms with Gasteiger partial charge in [-0.25, -0.2) is 0 Å². The summed E-state index contributed by atoms with van der Waals surface area (Å²) in [4.78, 5) is 44.7. The van der Waals surface area contributed by atoms with Gasteiger partial charge in [-0.2, -0.15) is 0 Å². The molecule has 0 atom stereocenters. The first kappa shape index (κ1) is 33.1. The molecule has 0 spiro atoms. The summed E-state index contributed by atoms with van der Waals surface area (Å²) < 4.78 is 1.63. The number of benzene rings is 6. The number of nitrogens with zero attached hydrogens (tertiary/aromatic N) is 2. The van der Waals surface area contributed by atoms with Crippen LogP contribution in [0.3, 0.4) is 0 Å². The quantitative estimate of drug-likeness (QED) is 0.0571. The topological polar surface area (TPSA) is 79.6 Å². The zero-order valence-corrected chi connectivity index (χ0v) is 29.6. The minimum Gasteiger partial charge on any atom is -0.392 e. The monoisotopic (exact) mass is 676 g/mol. The highest BCUT2D eigenvalue weighted by Gasteiger charge is 2.38. The molecule has 6 heteroatoms. The molecule has 1 N–H and O–H groups in total. The van der Waals surface area contributed by atoms with Crippen LogP contribution in [0.25, 0.3) is 66.1 Å². The van der Waals surface area contributed by atoms with Crippen molar-refractivity contribution in [2.24, 2.45) is 0 Å². The normalized spacial score (nSPS) is 13.5. The fraction of sp³-hybridized carbons (Fsp3) is 0.311. The van der Waals surface area contributed by atoms with Gasteiger partial charge in [-0.05, 0) is 81.1 Å². The SMILES string of the molecule is C=c1c2ccc3c4ccc5c6c(ccc(c7ccc(c(=O)n1-c1cccc(CO)c1)c2c37)c64)C(=O)N(C(CCCCCC)CCCCCC)C5=O. The highest BCUT2D eigenvalue weighted by atomic mass is 16.3. The molecule has 0 saturated heterocycles. The minimum absolute atomic E-state index is 0.109. The molecule has 0 aliphatic carbocycles. The Morgan fingerprint density at radius 1 is 0.608 bits per heavy atom. The second kappa shape index (κ2) is 13.2. The summed E-state index contributed by atoms with van der Waals surface area (Å²) in [5, 5.41) is 19.2. The first-order chi connectivity index (χ1) is 24.9. The van der Waals surface area contributed by atoms with Crippen LogP contribution in [0, 0.1) is 0 Å². The number of unbranched alkanes of at least 4 members (excludes halogenated alkanes) is 6. The zero-order valence-electron chi connectivity index (χ0n) is 29.6. The van der Waals surface area contributed by atoms with Gasteiger partial charge in [0.2, 0.25) is 0 Å². The predicted octanol–water partition coefficient (Wildman–Crippen LogP) is 9.57. The minimum atomic E-state index is -0.185. The summed E-state index contributed by atoms with van der Waals surface area (Å²) in [6, 6.07) is 23.1. The molecule has 2 heterocycles. The molecule has 0 fully saturated rings. The number of hydrogen-bond acceptors (Lipinski definition) is 4. The van der Waals surface area contributed by atoms with E-state index in [1.54, 1.807) is 9.47 Å². The Kier molecular flexibility index (Phi) is 8.59. The maximum absolute atomic E-state index is 14.4. The largest absolute Gasteiger partial charge is 0.392 e. The number of carbonyl (C=O) groups excluding carboxylic acids is 2. The first-order valence-electron chi connectivity index (χ1n) is 18.7. The molecule has 0 saturated carbocycles. The highest BCUT2D eigenvalue weighted by Crippen LogP contribution is 2.45. The molecule has 1 aliphatic rings. The van der Waals surface area contributed by atoms with E-state index >= 15 is 0 Å². The Bertz CT molecular complexity index is 2460. The smallest absolute Gasteiger partial charge is 0.263 e. The maximum Gasteiger partial charge on any atom is 0.263 e. The lowest BCUT2D eigenvalue weighted by atomic mass is 9.83. The van der Waals surface area contributed by atoms with Crippen LogP contribution >= 0.6 is 0 Å². The first-order valence-corrected chi connectivity index (χ1v) is 18.7. The summed E-state index contributed by atoms with van der Waals surface area (Å²) in [6.07, 6.45) is 10.5. The van der Waals surface area contributed by atoms with Gasteiger partial charge in [0.15, 0.2) is 0 Å². The Labute approximate surface area is 297 Å². The Balaban J connectivity index is 1.30. The van der Waals surface area contributed by atoms with Gasteiger partial charge >= 0.3 is 0 Å². The van der Waals surface area contributed by atoms with E-state index in [1.807, 2.05) is 66.7 Å². The molecular weight excluding hydrogens is 633 g/mol. The molecule has 0 unspecified atom stereocenters. The van der Waals surface area contributed by atoms with Gasteiger partial charge < -0.3 is 5.11 Å². The van der Waals surface area contributed by atoms with E-state index in [2.05, 4.69) is 26.5 Å². The number of rotatable bonds is 13. The zero-order chi connectivity index (χ0) is 35.4. The molecule has 0 radical (unpaired) electrons. The number of pyridine rings is 1. The van der Waals surface area contributed by atoms with E-state index in [0.29, 0.717) is 27.5 Å². The van der Waals surface area contributed by atoms with Gasteiger partial charge in [0.05, 0.1) is 6.61 Å². The Morgan fingerprint density at radius 3 is 1.69 bits per heavy atom. The molecule has 0 bridgehead atoms. The second-order valence-electron chi connectivity index (χ2n) is 14.4. The number of hydrogen-bond donors (Lipinski definition) is 1. The van der Waals surface area contributed by atoms with Crippen molar-refractivity contribution in [1.29, 1.82) is 0 Å². The molecule has 1 aliphatic heterocycles. The van der Waals surface area contributed by atoms with Gasteiger partial charge in [-0.3, -0.25) is 23.9 Å². The lowest BCUT2D eigenvalue weighted by molar-refractivity contribution is 0.0517. The maximum atomic E-state index is 14.4. The third-order valence-corrected chi connectivity index (χ3v) is 11.3. The van der Waals surface area contributed by atoms with Crippen LogP contribution in [0.4, 0.5) is 0 Å². The molecule has 6 aromatic carbocycles. The van der Waals surface area contributed by atoms with Crippen LogP contribution in [0.5, 0.6) is 0 Å². The Hall–Kier alpha value is -5.07. The molecule has 258 valence electrons. The standard InChI is InChI=1S/C45H44N2O4/c1-4-6-8-10-14-29(15-11-9-7-5-2)47-44(50)37-23-20-34-32-18-17-31-27(3)46(30-16-12-13-28(25-30)26-48)43(49)36-22-19-33(40(32)39(31)36)35-21-24-38(45(47)51)42(37)41(34)35/h12-13,16-25,29,48H,3-11,14-15,26H2,1-2H3. The predicted molar refractivity (Wildman–Crippen MR) is 209 cm³/mol. The van der Waals surface area contributed by atoms with Gasteiger partial charge in [-0.1, -0.05) is 114 Å². The van der Waals surface area contributed by atoms with Crippen LogP contribution < -0.4 is 10.9 Å². The number of aromatic nitrogens is 1. The number of amides is 2. The number of carbonyl (C=O) groups is 2. The second-order valence-corrected chi connectivity index (χ2v) is 14.4. The van der Waals surface area contributed by atoms with E-state index in [-0.39, 0.29) is 30.0 Å². The van der Waals surface area contributed by atoms with Gasteiger partial charge in [0.25, 0.3) is 17.4 Å². The fourth-order valence-electron chi connectivity index (χ4n) is 8.79. The van der Waals surface area contributed by atoms with Crippen LogP contribution in [-0.4, -0.2) is 32.4 Å². The van der Waals surface area contributed by atoms with Crippen molar-refractivity contribution in [3.05, 3.63) is 105 Å². The van der Waals surface area contributed by atoms with Crippen molar-refractivity contribution < 1.29 is 14.7 Å². The van der Waals surface area contributed by atoms with Crippen LogP contribution in [0.1, 0.15) is 104 Å². The van der Waals surface area contributed by atoms with Crippen molar-refractivity contribution >= 4 is 72.3 Å². The Morgan fingerprint density at radius 2 is 1.12 bits per heavy atom. The number of aliphatic hydroxyl groups excluding tert-OH is 1. The number of imide groups is 1. The summed E-state index contributed by atoms with van der Waals surface area (Å²) in [7, 11) is 0. The third kappa shape index (κ3) is 5.14. The lowest BCUT2D eigenvalue weighted by Crippen LogP contribution is -2.47. The van der Waals surface area contributed by atoms with Crippen molar-refractivity contribution in [2.75, 3.05) is 0 Å². The van der Waals surface area contributed by atoms with Gasteiger partial charge in [0, 0.05) is 49.8 Å². The third-order valence-electron chi connectivity index (χ3n) is 11.3. The molecule has 8 rings (SSSR count). The summed E-state index contributed by atoms with van der Waals surface area (Å²) in [5.74, 6) is -0.369. The molecule has 51 heavy (non-hydrogen) atoms. The van der Waals surface area contributed by atoms with E-state index in [9.17, 15) is 19.5 Å². The van der Waals surface area contributed by atoms with Crippen molar-refractivity contribution in [2.45, 2.75) is 90.7 Å². The highest BCUT2D eigenvalue weighted by molar-refractivity contribution is 6.40. The van der Waals surface area contributed by atoms with Crippen LogP contribution in [0.2, 0.25) is 0 Å². The van der Waals surface area contributed by atoms with E-state index in [1.165, 1.54) is 0 Å². The van der Waals surface area contributed by atoms with E-state index in [0.717, 1.165) is 118 Å². The lowest BCUT2D eigenvalue weighted by Gasteiger charge is -2.35. The van der Waals surface area contributed by atoms with Crippen molar-refractivity contribution in [3.8, 4) is 5.69 Å². The van der Waals surface area contributed by atoms with Gasteiger partial charge in [-0.15, -0.1) is 0 Å². The fourth-order valence-corrected chi connectivity index (χ4v) is 8.79. The van der Waals surface area contributed by atoms with Gasteiger partial charge in [0.1, 0.15) is 0 Å². The van der Waals surface area contributed by atoms with Crippen LogP contribution in [-0.2, 0) is 6.61 Å². The number of fused-ring (bicyclic) bond motifs is 2. The average Bonchev–Trinajstić information content (AvgIpc) is 3.15. The molecule has 2 amide bonds. The van der Waals surface area contributed by atoms with Crippen molar-refractivity contribution in [3.63, 3.8) is 0 Å². The van der Waals surface area contributed by atoms with Crippen molar-refractivity contribution in [1.82, 2.24) is 9.47 Å². The average molecular weight is 677 g/mol. The molecule has 1 aromatic heterocycles. The summed E-state index contributed by atoms with van der Waals surface area (Å²) in [6.45, 7) is 8.66. The van der Waals surface area contributed by atoms with Crippen LogP contribution in [0.15, 0.2) is 77.6 Å². The molecule has 7 aromatic rings.